The summed E-state index contributed by atoms with van der Waals surface area (Å²) in [5, 5.41) is 14.0. The molecule has 1 N–H and O–H groups in total. The molecule has 7 nitrogen and oxygen atoms in total. The molecular formula is C17H21N3O4. The monoisotopic (exact) mass is 331 g/mol. The molecule has 0 bridgehead atoms. The third-order valence-corrected chi connectivity index (χ3v) is 4.84. The van der Waals surface area contributed by atoms with Crippen molar-refractivity contribution in [1.82, 2.24) is 14.7 Å². The zero-order valence-electron chi connectivity index (χ0n) is 13.9. The lowest BCUT2D eigenvalue weighted by molar-refractivity contribution is -0.0290. The van der Waals surface area contributed by atoms with E-state index in [0.717, 1.165) is 48.7 Å². The van der Waals surface area contributed by atoms with Crippen LogP contribution in [0.25, 0.3) is 11.3 Å². The molecule has 2 aromatic rings. The van der Waals surface area contributed by atoms with Gasteiger partial charge in [0.2, 0.25) is 5.76 Å². The summed E-state index contributed by atoms with van der Waals surface area (Å²) in [5.74, 6) is -0.266. The highest BCUT2D eigenvalue weighted by Crippen LogP contribution is 2.38. The van der Waals surface area contributed by atoms with Gasteiger partial charge in [0.15, 0.2) is 0 Å². The van der Waals surface area contributed by atoms with Crippen LogP contribution in [-0.4, -0.2) is 58.6 Å². The molecule has 1 saturated heterocycles. The number of ether oxygens (including phenoxy) is 1. The van der Waals surface area contributed by atoms with Crippen LogP contribution in [0.4, 0.5) is 0 Å². The maximum Gasteiger partial charge on any atom is 0.372 e. The number of likely N-dealkylation sites (N-methyl/N-ethyl adjacent to an activating group) is 1. The average Bonchev–Trinajstić information content (AvgIpc) is 3.07. The van der Waals surface area contributed by atoms with Gasteiger partial charge in [0.1, 0.15) is 5.76 Å². The van der Waals surface area contributed by atoms with Crippen LogP contribution in [0, 0.1) is 6.92 Å². The summed E-state index contributed by atoms with van der Waals surface area (Å²) < 4.78 is 13.3. The Kier molecular flexibility index (Phi) is 3.69. The Morgan fingerprint density at radius 1 is 1.46 bits per heavy atom. The van der Waals surface area contributed by atoms with Crippen molar-refractivity contribution >= 4 is 5.97 Å². The Bertz CT molecular complexity index is 792. The first-order valence-electron chi connectivity index (χ1n) is 8.25. The van der Waals surface area contributed by atoms with E-state index in [1.165, 1.54) is 0 Å². The van der Waals surface area contributed by atoms with Crippen molar-refractivity contribution in [3.63, 3.8) is 0 Å². The molecule has 1 atom stereocenters. The summed E-state index contributed by atoms with van der Waals surface area (Å²) in [5.41, 5.74) is 3.52. The van der Waals surface area contributed by atoms with Crippen molar-refractivity contribution in [2.24, 2.45) is 0 Å². The number of aromatic nitrogens is 2. The predicted octanol–water partition coefficient (Wildman–Crippen LogP) is 1.58. The molecule has 1 aliphatic heterocycles. The summed E-state index contributed by atoms with van der Waals surface area (Å²) in [7, 11) is 2.10. The number of nitrogens with zero attached hydrogens (tertiary/aromatic N) is 3. The number of rotatable bonds is 3. The van der Waals surface area contributed by atoms with Crippen molar-refractivity contribution < 1.29 is 19.1 Å². The molecular weight excluding hydrogens is 310 g/mol. The third-order valence-electron chi connectivity index (χ3n) is 4.84. The molecule has 0 radical (unpaired) electrons. The minimum atomic E-state index is -1.03. The minimum absolute atomic E-state index is 0.0274. The van der Waals surface area contributed by atoms with Gasteiger partial charge in [-0.3, -0.25) is 4.68 Å². The molecule has 4 rings (SSSR count). The summed E-state index contributed by atoms with van der Waals surface area (Å²) >= 11 is 0. The second kappa shape index (κ2) is 5.75. The Labute approximate surface area is 139 Å². The molecule has 1 aliphatic carbocycles. The maximum atomic E-state index is 11.3. The van der Waals surface area contributed by atoms with Gasteiger partial charge in [-0.15, -0.1) is 0 Å². The highest BCUT2D eigenvalue weighted by molar-refractivity contribution is 5.90. The number of carboxylic acids is 1. The molecule has 3 heterocycles. The fourth-order valence-corrected chi connectivity index (χ4v) is 3.65. The van der Waals surface area contributed by atoms with Crippen LogP contribution >= 0.6 is 0 Å². The second-order valence-corrected chi connectivity index (χ2v) is 6.64. The van der Waals surface area contributed by atoms with Crippen LogP contribution < -0.4 is 0 Å². The lowest BCUT2D eigenvalue weighted by Gasteiger charge is -2.29. The van der Waals surface area contributed by atoms with Crippen molar-refractivity contribution in [2.45, 2.75) is 32.4 Å². The summed E-state index contributed by atoms with van der Waals surface area (Å²) in [6, 6.07) is 0. The first-order chi connectivity index (χ1) is 11.5. The Morgan fingerprint density at radius 3 is 3.04 bits per heavy atom. The Morgan fingerprint density at radius 2 is 2.29 bits per heavy atom. The summed E-state index contributed by atoms with van der Waals surface area (Å²) in [4.78, 5) is 13.6. The van der Waals surface area contributed by atoms with E-state index in [0.29, 0.717) is 18.5 Å². The van der Waals surface area contributed by atoms with Gasteiger partial charge in [0.05, 0.1) is 24.9 Å². The molecule has 0 saturated carbocycles. The Balaban J connectivity index is 1.64. The van der Waals surface area contributed by atoms with Gasteiger partial charge >= 0.3 is 5.97 Å². The van der Waals surface area contributed by atoms with Gasteiger partial charge < -0.3 is 19.2 Å². The van der Waals surface area contributed by atoms with Crippen LogP contribution in [0.2, 0.25) is 0 Å². The van der Waals surface area contributed by atoms with Crippen LogP contribution in [0.3, 0.4) is 0 Å². The van der Waals surface area contributed by atoms with Crippen molar-refractivity contribution in [3.8, 4) is 11.3 Å². The number of fused-ring (bicyclic) bond motifs is 3. The average molecular weight is 331 g/mol. The largest absolute Gasteiger partial charge is 0.475 e. The van der Waals surface area contributed by atoms with Gasteiger partial charge in [0.25, 0.3) is 0 Å². The van der Waals surface area contributed by atoms with E-state index >= 15 is 0 Å². The normalized spacial score (nSPS) is 20.7. The second-order valence-electron chi connectivity index (χ2n) is 6.64. The molecule has 2 aliphatic rings. The lowest BCUT2D eigenvalue weighted by atomic mass is 9.94. The molecule has 2 aromatic heterocycles. The third kappa shape index (κ3) is 2.53. The topological polar surface area (TPSA) is 80.7 Å². The molecule has 0 amide bonds. The van der Waals surface area contributed by atoms with Gasteiger partial charge in [-0.1, -0.05) is 0 Å². The number of morpholine rings is 1. The van der Waals surface area contributed by atoms with Gasteiger partial charge in [-0.05, 0) is 26.0 Å². The quantitative estimate of drug-likeness (QED) is 0.920. The summed E-state index contributed by atoms with van der Waals surface area (Å²) in [6.07, 6.45) is 3.72. The lowest BCUT2D eigenvalue weighted by Crippen LogP contribution is -2.42. The number of furan rings is 1. The van der Waals surface area contributed by atoms with E-state index in [1.807, 2.05) is 4.68 Å². The zero-order chi connectivity index (χ0) is 16.8. The fraction of sp³-hybridized carbons (Fsp3) is 0.529. The molecule has 24 heavy (non-hydrogen) atoms. The first-order valence-corrected chi connectivity index (χ1v) is 8.25. The number of carbonyl (C=O) groups is 1. The van der Waals surface area contributed by atoms with Crippen LogP contribution in [0.5, 0.6) is 0 Å². The minimum Gasteiger partial charge on any atom is -0.475 e. The van der Waals surface area contributed by atoms with E-state index in [4.69, 9.17) is 14.3 Å². The number of aryl methyl sites for hydroxylation is 2. The smallest absolute Gasteiger partial charge is 0.372 e. The van der Waals surface area contributed by atoms with Crippen molar-refractivity contribution in [2.75, 3.05) is 26.7 Å². The SMILES string of the molecule is Cc1c(C(=O)O)oc2c1-c1nn(C[C@H]3CN(C)CCO3)cc1CC2. The van der Waals surface area contributed by atoms with Gasteiger partial charge in [-0.2, -0.15) is 5.10 Å². The van der Waals surface area contributed by atoms with E-state index in [1.54, 1.807) is 6.92 Å². The number of hydrogen-bond donors (Lipinski definition) is 1. The van der Waals surface area contributed by atoms with E-state index in [-0.39, 0.29) is 11.9 Å². The number of carboxylic acid groups (broad SMARTS) is 1. The zero-order valence-corrected chi connectivity index (χ0v) is 13.9. The first kappa shape index (κ1) is 15.4. The molecule has 1 fully saturated rings. The number of hydrogen-bond acceptors (Lipinski definition) is 5. The van der Waals surface area contributed by atoms with Crippen LogP contribution in [0.1, 0.15) is 27.4 Å². The van der Waals surface area contributed by atoms with Crippen molar-refractivity contribution in [3.05, 3.63) is 28.8 Å². The summed E-state index contributed by atoms with van der Waals surface area (Å²) in [6.45, 7) is 5.09. The van der Waals surface area contributed by atoms with E-state index in [9.17, 15) is 9.90 Å². The van der Waals surface area contributed by atoms with Gasteiger partial charge in [0, 0.05) is 36.8 Å². The van der Waals surface area contributed by atoms with E-state index in [2.05, 4.69) is 18.1 Å². The maximum absolute atomic E-state index is 11.3. The Hall–Kier alpha value is -2.12. The standard InChI is InChI=1S/C17H21N3O4/c1-10-14-13(24-16(10)17(21)22)4-3-11-7-20(18-15(11)14)9-12-8-19(2)5-6-23-12/h7,12H,3-6,8-9H2,1-2H3,(H,21,22)/t12-/m1/s1. The molecule has 0 unspecified atom stereocenters. The van der Waals surface area contributed by atoms with Crippen LogP contribution in [0.15, 0.2) is 10.6 Å². The molecule has 0 aromatic carbocycles. The molecule has 0 spiro atoms. The number of aromatic carboxylic acids is 1. The van der Waals surface area contributed by atoms with Gasteiger partial charge in [-0.25, -0.2) is 4.79 Å². The highest BCUT2D eigenvalue weighted by Gasteiger charge is 2.30. The van der Waals surface area contributed by atoms with Crippen LogP contribution in [-0.2, 0) is 24.1 Å². The predicted molar refractivity (Wildman–Crippen MR) is 86.3 cm³/mol. The fourth-order valence-electron chi connectivity index (χ4n) is 3.65. The van der Waals surface area contributed by atoms with E-state index < -0.39 is 5.97 Å². The van der Waals surface area contributed by atoms with Crippen molar-refractivity contribution in [1.29, 1.82) is 0 Å². The molecule has 7 heteroatoms. The highest BCUT2D eigenvalue weighted by atomic mass is 16.5. The molecule has 128 valence electrons.